The highest BCUT2D eigenvalue weighted by atomic mass is 16.4. The summed E-state index contributed by atoms with van der Waals surface area (Å²) in [6.07, 6.45) is 31.0. The second kappa shape index (κ2) is 25.7. The van der Waals surface area contributed by atoms with Crippen LogP contribution in [0.5, 0.6) is 0 Å². The predicted molar refractivity (Wildman–Crippen MR) is 135 cm³/mol. The monoisotopic (exact) mass is 440 g/mol. The first-order valence-electron chi connectivity index (χ1n) is 14.1. The van der Waals surface area contributed by atoms with Crippen molar-refractivity contribution in [1.29, 1.82) is 0 Å². The molecule has 0 spiro atoms. The van der Waals surface area contributed by atoms with Gasteiger partial charge in [0.05, 0.1) is 6.10 Å². The number of aliphatic hydroxyl groups excluding tert-OH is 1. The van der Waals surface area contributed by atoms with Crippen LogP contribution in [0.4, 0.5) is 0 Å². The molecule has 0 amide bonds. The lowest BCUT2D eigenvalue weighted by Gasteiger charge is -2.09. The number of aliphatic carboxylic acids is 1. The van der Waals surface area contributed by atoms with E-state index in [4.69, 9.17) is 5.11 Å². The molecule has 1 unspecified atom stereocenters. The smallest absolute Gasteiger partial charge is 0.303 e. The SMILES string of the molecule is CCCCCC(O)CCCCCCCCCCCCCCCCCCCCCC(=O)O. The molecule has 0 saturated carbocycles. The minimum atomic E-state index is -0.656. The molecule has 0 saturated heterocycles. The molecule has 3 heteroatoms. The second-order valence-electron chi connectivity index (χ2n) is 9.80. The van der Waals surface area contributed by atoms with Crippen LogP contribution in [0.25, 0.3) is 0 Å². The highest BCUT2D eigenvalue weighted by molar-refractivity contribution is 5.66. The molecule has 1 atom stereocenters. The Labute approximate surface area is 194 Å². The van der Waals surface area contributed by atoms with Crippen LogP contribution in [0, 0.1) is 0 Å². The maximum Gasteiger partial charge on any atom is 0.303 e. The van der Waals surface area contributed by atoms with Gasteiger partial charge < -0.3 is 10.2 Å². The molecule has 186 valence electrons. The van der Waals surface area contributed by atoms with E-state index < -0.39 is 5.97 Å². The number of unbranched alkanes of at least 4 members (excludes halogenated alkanes) is 20. The van der Waals surface area contributed by atoms with Crippen molar-refractivity contribution < 1.29 is 15.0 Å². The van der Waals surface area contributed by atoms with Gasteiger partial charge in [0.1, 0.15) is 0 Å². The maximum atomic E-state index is 10.4. The van der Waals surface area contributed by atoms with Crippen molar-refractivity contribution in [2.75, 3.05) is 0 Å². The highest BCUT2D eigenvalue weighted by Crippen LogP contribution is 2.16. The second-order valence-corrected chi connectivity index (χ2v) is 9.80. The fourth-order valence-corrected chi connectivity index (χ4v) is 4.44. The molecule has 3 nitrogen and oxygen atoms in total. The van der Waals surface area contributed by atoms with E-state index in [0.717, 1.165) is 25.7 Å². The zero-order chi connectivity index (χ0) is 22.8. The Balaban J connectivity index is 3.07. The Morgan fingerprint density at radius 3 is 1.13 bits per heavy atom. The van der Waals surface area contributed by atoms with E-state index in [1.54, 1.807) is 0 Å². The summed E-state index contributed by atoms with van der Waals surface area (Å²) in [5.41, 5.74) is 0. The first-order chi connectivity index (χ1) is 15.2. The van der Waals surface area contributed by atoms with Crippen molar-refractivity contribution >= 4 is 5.97 Å². The van der Waals surface area contributed by atoms with Gasteiger partial charge in [0.25, 0.3) is 0 Å². The predicted octanol–water partition coefficient (Wildman–Crippen LogP) is 9.20. The molecule has 0 fully saturated rings. The molecule has 0 aromatic carbocycles. The summed E-state index contributed by atoms with van der Waals surface area (Å²) in [6, 6.07) is 0. The molecule has 0 heterocycles. The van der Waals surface area contributed by atoms with Gasteiger partial charge >= 0.3 is 5.97 Å². The third-order valence-electron chi connectivity index (χ3n) is 6.57. The number of aliphatic hydroxyl groups is 1. The van der Waals surface area contributed by atoms with E-state index in [2.05, 4.69) is 6.92 Å². The van der Waals surface area contributed by atoms with Crippen molar-refractivity contribution in [3.8, 4) is 0 Å². The number of carbonyl (C=O) groups is 1. The van der Waals surface area contributed by atoms with Gasteiger partial charge in [-0.05, 0) is 19.3 Å². The Kier molecular flexibility index (Phi) is 25.2. The van der Waals surface area contributed by atoms with Crippen molar-refractivity contribution in [1.82, 2.24) is 0 Å². The van der Waals surface area contributed by atoms with Crippen LogP contribution < -0.4 is 0 Å². The van der Waals surface area contributed by atoms with Crippen molar-refractivity contribution in [3.05, 3.63) is 0 Å². The fourth-order valence-electron chi connectivity index (χ4n) is 4.44. The van der Waals surface area contributed by atoms with Crippen LogP contribution in [0.15, 0.2) is 0 Å². The van der Waals surface area contributed by atoms with Crippen LogP contribution in [0.1, 0.15) is 167 Å². The van der Waals surface area contributed by atoms with E-state index in [0.29, 0.717) is 6.42 Å². The Hall–Kier alpha value is -0.570. The number of hydrogen-bond acceptors (Lipinski definition) is 2. The molecule has 0 aliphatic heterocycles. The van der Waals surface area contributed by atoms with Gasteiger partial charge in [0.15, 0.2) is 0 Å². The summed E-state index contributed by atoms with van der Waals surface area (Å²) < 4.78 is 0. The molecule has 2 N–H and O–H groups in total. The van der Waals surface area contributed by atoms with Crippen molar-refractivity contribution in [2.45, 2.75) is 174 Å². The van der Waals surface area contributed by atoms with E-state index in [9.17, 15) is 9.90 Å². The molecule has 0 aromatic rings. The van der Waals surface area contributed by atoms with Gasteiger partial charge in [0.2, 0.25) is 0 Å². The maximum absolute atomic E-state index is 10.4. The van der Waals surface area contributed by atoms with Crippen LogP contribution in [0.3, 0.4) is 0 Å². The lowest BCUT2D eigenvalue weighted by atomic mass is 10.0. The Morgan fingerprint density at radius 1 is 0.516 bits per heavy atom. The molecule has 0 aliphatic carbocycles. The van der Waals surface area contributed by atoms with Crippen LogP contribution in [-0.4, -0.2) is 22.3 Å². The first kappa shape index (κ1) is 30.4. The fraction of sp³-hybridized carbons (Fsp3) is 0.964. The summed E-state index contributed by atoms with van der Waals surface area (Å²) in [4.78, 5) is 10.4. The number of carboxylic acids is 1. The van der Waals surface area contributed by atoms with Crippen molar-refractivity contribution in [2.24, 2.45) is 0 Å². The molecule has 31 heavy (non-hydrogen) atoms. The Bertz CT molecular complexity index is 356. The standard InChI is InChI=1S/C28H56O3/c1-2-3-21-24-27(29)25-22-19-17-15-13-11-9-7-5-4-6-8-10-12-14-16-18-20-23-26-28(30)31/h27,29H,2-26H2,1H3,(H,30,31). The Morgan fingerprint density at radius 2 is 0.806 bits per heavy atom. The average molecular weight is 441 g/mol. The number of rotatable bonds is 26. The molecule has 0 radical (unpaired) electrons. The molecular weight excluding hydrogens is 384 g/mol. The van der Waals surface area contributed by atoms with Crippen LogP contribution >= 0.6 is 0 Å². The molecule has 0 aromatic heterocycles. The van der Waals surface area contributed by atoms with Crippen LogP contribution in [-0.2, 0) is 4.79 Å². The van der Waals surface area contributed by atoms with E-state index >= 15 is 0 Å². The van der Waals surface area contributed by atoms with Crippen LogP contribution in [0.2, 0.25) is 0 Å². The minimum absolute atomic E-state index is 0.0478. The molecule has 0 bridgehead atoms. The summed E-state index contributed by atoms with van der Waals surface area (Å²) >= 11 is 0. The largest absolute Gasteiger partial charge is 0.481 e. The van der Waals surface area contributed by atoms with Gasteiger partial charge in [-0.2, -0.15) is 0 Å². The lowest BCUT2D eigenvalue weighted by Crippen LogP contribution is -2.05. The third kappa shape index (κ3) is 27.4. The summed E-state index contributed by atoms with van der Waals surface area (Å²) in [5.74, 6) is -0.656. The summed E-state index contributed by atoms with van der Waals surface area (Å²) in [5, 5.41) is 18.5. The van der Waals surface area contributed by atoms with E-state index in [-0.39, 0.29) is 6.10 Å². The zero-order valence-corrected chi connectivity index (χ0v) is 21.1. The summed E-state index contributed by atoms with van der Waals surface area (Å²) in [6.45, 7) is 2.22. The van der Waals surface area contributed by atoms with Gasteiger partial charge in [-0.3, -0.25) is 4.79 Å². The lowest BCUT2D eigenvalue weighted by molar-refractivity contribution is -0.137. The zero-order valence-electron chi connectivity index (χ0n) is 21.1. The first-order valence-corrected chi connectivity index (χ1v) is 14.1. The molecule has 0 aliphatic rings. The van der Waals surface area contributed by atoms with Gasteiger partial charge in [-0.25, -0.2) is 0 Å². The topological polar surface area (TPSA) is 57.5 Å². The van der Waals surface area contributed by atoms with Gasteiger partial charge in [-0.15, -0.1) is 0 Å². The van der Waals surface area contributed by atoms with Gasteiger partial charge in [0, 0.05) is 6.42 Å². The average Bonchev–Trinajstić information content (AvgIpc) is 2.74. The van der Waals surface area contributed by atoms with E-state index in [1.807, 2.05) is 0 Å². The number of carboxylic acid groups (broad SMARTS) is 1. The molecule has 0 rings (SSSR count). The van der Waals surface area contributed by atoms with E-state index in [1.165, 1.54) is 128 Å². The quantitative estimate of drug-likeness (QED) is 0.132. The van der Waals surface area contributed by atoms with Crippen molar-refractivity contribution in [3.63, 3.8) is 0 Å². The number of hydrogen-bond donors (Lipinski definition) is 2. The minimum Gasteiger partial charge on any atom is -0.481 e. The van der Waals surface area contributed by atoms with Gasteiger partial charge in [-0.1, -0.05) is 142 Å². The molecular formula is C28H56O3. The third-order valence-corrected chi connectivity index (χ3v) is 6.57. The normalized spacial score (nSPS) is 12.3. The summed E-state index contributed by atoms with van der Waals surface area (Å²) in [7, 11) is 0. The highest BCUT2D eigenvalue weighted by Gasteiger charge is 2.03.